The molecule has 0 radical (unpaired) electrons. The molecular formula is C28H23F6N7O5S. The Morgan fingerprint density at radius 2 is 1.72 bits per heavy atom. The summed E-state index contributed by atoms with van der Waals surface area (Å²) < 4.78 is 87.0. The van der Waals surface area contributed by atoms with Crippen LogP contribution in [0.15, 0.2) is 72.6 Å². The SMILES string of the molecule is COc1ccc(Cn2cc(-c3nc(C(=O)Nc4cn(CC(O)(C(F)(F)F)C(F)(F)F)nc4-c4ccccn4)cs3)cn2)cc1.O=CO. The number of alkyl halides is 6. The number of carboxylic acid groups (broad SMARTS) is 1. The average molecular weight is 684 g/mol. The van der Waals surface area contributed by atoms with Crippen molar-refractivity contribution in [2.75, 3.05) is 12.4 Å². The average Bonchev–Trinajstić information content (AvgIpc) is 3.78. The molecule has 1 amide bonds. The van der Waals surface area contributed by atoms with Crippen molar-refractivity contribution < 1.29 is 50.9 Å². The van der Waals surface area contributed by atoms with Crippen LogP contribution >= 0.6 is 11.3 Å². The lowest BCUT2D eigenvalue weighted by Gasteiger charge is -2.31. The van der Waals surface area contributed by atoms with Crippen molar-refractivity contribution in [2.24, 2.45) is 0 Å². The Morgan fingerprint density at radius 1 is 1.04 bits per heavy atom. The van der Waals surface area contributed by atoms with E-state index in [4.69, 9.17) is 14.6 Å². The van der Waals surface area contributed by atoms with E-state index in [1.54, 1.807) is 24.2 Å². The fourth-order valence-corrected chi connectivity index (χ4v) is 4.81. The van der Waals surface area contributed by atoms with Crippen molar-refractivity contribution in [3.8, 4) is 27.7 Å². The third kappa shape index (κ3) is 7.93. The molecule has 3 N–H and O–H groups in total. The minimum Gasteiger partial charge on any atom is -0.497 e. The molecule has 1 aromatic carbocycles. The Hall–Kier alpha value is -5.30. The van der Waals surface area contributed by atoms with Gasteiger partial charge in [-0.15, -0.1) is 11.3 Å². The molecule has 0 saturated carbocycles. The zero-order valence-corrected chi connectivity index (χ0v) is 24.7. The first-order valence-corrected chi connectivity index (χ1v) is 13.9. The number of benzene rings is 1. The van der Waals surface area contributed by atoms with Crippen molar-refractivity contribution >= 4 is 29.4 Å². The number of halogens is 6. The summed E-state index contributed by atoms with van der Waals surface area (Å²) in [6, 6.07) is 11.9. The summed E-state index contributed by atoms with van der Waals surface area (Å²) in [4.78, 5) is 29.8. The summed E-state index contributed by atoms with van der Waals surface area (Å²) in [6.07, 6.45) is -6.76. The van der Waals surface area contributed by atoms with Crippen LogP contribution in [0.4, 0.5) is 32.0 Å². The van der Waals surface area contributed by atoms with E-state index in [2.05, 4.69) is 25.5 Å². The monoisotopic (exact) mass is 683 g/mol. The lowest BCUT2D eigenvalue weighted by molar-refractivity contribution is -0.372. The summed E-state index contributed by atoms with van der Waals surface area (Å²) in [7, 11) is 1.57. The molecule has 0 atom stereocenters. The van der Waals surface area contributed by atoms with Crippen LogP contribution in [-0.2, 0) is 17.9 Å². The number of pyridine rings is 1. The highest BCUT2D eigenvalue weighted by atomic mass is 32.1. The zero-order valence-electron chi connectivity index (χ0n) is 23.9. The van der Waals surface area contributed by atoms with Gasteiger partial charge >= 0.3 is 12.4 Å². The number of carbonyl (C=O) groups excluding carboxylic acids is 1. The van der Waals surface area contributed by atoms with Gasteiger partial charge in [-0.2, -0.15) is 36.5 Å². The second kappa shape index (κ2) is 14.0. The third-order valence-electron chi connectivity index (χ3n) is 6.37. The Bertz CT molecular complexity index is 1790. The van der Waals surface area contributed by atoms with E-state index in [1.165, 1.54) is 29.8 Å². The summed E-state index contributed by atoms with van der Waals surface area (Å²) >= 11 is 1.13. The molecule has 0 spiro atoms. The number of aliphatic hydroxyl groups is 1. The van der Waals surface area contributed by atoms with Crippen LogP contribution < -0.4 is 10.1 Å². The van der Waals surface area contributed by atoms with Crippen LogP contribution in [0.2, 0.25) is 0 Å². The van der Waals surface area contributed by atoms with Gasteiger partial charge in [-0.1, -0.05) is 18.2 Å². The van der Waals surface area contributed by atoms with Gasteiger partial charge in [0, 0.05) is 29.5 Å². The Labute approximate surface area is 264 Å². The number of hydrogen-bond donors (Lipinski definition) is 3. The first-order chi connectivity index (χ1) is 22.2. The quantitative estimate of drug-likeness (QED) is 0.142. The molecule has 0 unspecified atom stereocenters. The number of anilines is 1. The molecule has 0 aliphatic carbocycles. The van der Waals surface area contributed by atoms with Crippen molar-refractivity contribution in [3.63, 3.8) is 0 Å². The molecule has 4 heterocycles. The lowest BCUT2D eigenvalue weighted by Crippen LogP contribution is -2.59. The Kier molecular flexibility index (Phi) is 10.3. The molecule has 0 fully saturated rings. The second-order valence-corrected chi connectivity index (χ2v) is 10.4. The van der Waals surface area contributed by atoms with Crippen LogP contribution in [0.25, 0.3) is 22.0 Å². The first-order valence-electron chi connectivity index (χ1n) is 13.0. The number of thiazole rings is 1. The third-order valence-corrected chi connectivity index (χ3v) is 7.26. The second-order valence-electron chi connectivity index (χ2n) is 9.53. The van der Waals surface area contributed by atoms with Crippen LogP contribution in [-0.4, -0.2) is 77.2 Å². The van der Waals surface area contributed by atoms with Gasteiger partial charge in [-0.05, 0) is 29.8 Å². The molecule has 0 saturated heterocycles. The van der Waals surface area contributed by atoms with Crippen molar-refractivity contribution in [3.05, 3.63) is 83.9 Å². The number of rotatable bonds is 9. The molecule has 4 aromatic heterocycles. The maximum absolute atomic E-state index is 13.3. The number of methoxy groups -OCH3 is 1. The van der Waals surface area contributed by atoms with Crippen molar-refractivity contribution in [2.45, 2.75) is 31.0 Å². The standard InChI is InChI=1S/C27H21F6N7O3S.CH2O2/c1-43-18-7-5-16(6-8-18)11-39-12-17(10-35-39)24-37-21(14-44-24)23(41)36-20-13-40(38-22(20)19-4-2-3-9-34-19)15-25(42,26(28,29)30)27(31,32)33;2-1-3/h2-10,12-14,42H,11,15H2,1H3,(H,36,41);1H,(H,2,3). The molecule has 5 aromatic rings. The summed E-state index contributed by atoms with van der Waals surface area (Å²) in [5.41, 5.74) is -4.02. The fraction of sp³-hybridized carbons (Fsp3) is 0.214. The predicted molar refractivity (Wildman–Crippen MR) is 155 cm³/mol. The van der Waals surface area contributed by atoms with Crippen molar-refractivity contribution in [1.29, 1.82) is 0 Å². The molecule has 47 heavy (non-hydrogen) atoms. The molecule has 0 aliphatic heterocycles. The van der Waals surface area contributed by atoms with Crippen LogP contribution in [0, 0.1) is 0 Å². The topological polar surface area (TPSA) is 157 Å². The van der Waals surface area contributed by atoms with Crippen LogP contribution in [0.1, 0.15) is 16.1 Å². The van der Waals surface area contributed by atoms with Gasteiger partial charge in [-0.25, -0.2) is 4.98 Å². The van der Waals surface area contributed by atoms with Gasteiger partial charge in [0.15, 0.2) is 0 Å². The summed E-state index contributed by atoms with van der Waals surface area (Å²) in [5.74, 6) is -0.0936. The smallest absolute Gasteiger partial charge is 0.428 e. The molecular weight excluding hydrogens is 660 g/mol. The number of nitrogens with one attached hydrogen (secondary N) is 1. The molecule has 19 heteroatoms. The number of hydrogen-bond acceptors (Lipinski definition) is 9. The van der Waals surface area contributed by atoms with Crippen LogP contribution in [0.5, 0.6) is 5.75 Å². The molecule has 12 nitrogen and oxygen atoms in total. The highest BCUT2D eigenvalue weighted by Gasteiger charge is 2.70. The molecule has 5 rings (SSSR count). The number of aromatic nitrogens is 6. The summed E-state index contributed by atoms with van der Waals surface area (Å²) in [5, 5.41) is 28.9. The van der Waals surface area contributed by atoms with E-state index in [0.717, 1.165) is 23.1 Å². The highest BCUT2D eigenvalue weighted by Crippen LogP contribution is 2.44. The van der Waals surface area contributed by atoms with E-state index in [0.29, 0.717) is 22.9 Å². The largest absolute Gasteiger partial charge is 0.497 e. The lowest BCUT2D eigenvalue weighted by atomic mass is 10.0. The van der Waals surface area contributed by atoms with Gasteiger partial charge in [0.25, 0.3) is 18.0 Å². The van der Waals surface area contributed by atoms with Gasteiger partial charge in [-0.3, -0.25) is 23.9 Å². The highest BCUT2D eigenvalue weighted by molar-refractivity contribution is 7.13. The van der Waals surface area contributed by atoms with Gasteiger partial charge in [0.1, 0.15) is 22.1 Å². The summed E-state index contributed by atoms with van der Waals surface area (Å²) in [6.45, 7) is -1.81. The zero-order chi connectivity index (χ0) is 34.4. The minimum absolute atomic E-state index is 0.0485. The van der Waals surface area contributed by atoms with E-state index < -0.39 is 30.4 Å². The Morgan fingerprint density at radius 3 is 2.32 bits per heavy atom. The van der Waals surface area contributed by atoms with E-state index in [9.17, 15) is 36.2 Å². The fourth-order valence-electron chi connectivity index (χ4n) is 4.04. The van der Waals surface area contributed by atoms with Gasteiger partial charge in [0.2, 0.25) is 0 Å². The number of nitrogens with zero attached hydrogens (tertiary/aromatic N) is 6. The minimum atomic E-state index is -6.06. The van der Waals surface area contributed by atoms with Gasteiger partial charge < -0.3 is 20.3 Å². The molecule has 0 bridgehead atoms. The van der Waals surface area contributed by atoms with Crippen LogP contribution in [0.3, 0.4) is 0 Å². The number of ether oxygens (including phenoxy) is 1. The first kappa shape index (κ1) is 34.6. The molecule has 248 valence electrons. The van der Waals surface area contributed by atoms with E-state index in [-0.39, 0.29) is 33.9 Å². The van der Waals surface area contributed by atoms with E-state index in [1.807, 2.05) is 24.3 Å². The number of amides is 1. The number of carbonyl (C=O) groups is 2. The van der Waals surface area contributed by atoms with E-state index >= 15 is 0 Å². The maximum atomic E-state index is 13.3. The maximum Gasteiger partial charge on any atom is 0.428 e. The normalized spacial score (nSPS) is 11.8. The van der Waals surface area contributed by atoms with Crippen molar-refractivity contribution in [1.82, 2.24) is 29.5 Å². The Balaban J connectivity index is 0.00000160. The predicted octanol–water partition coefficient (Wildman–Crippen LogP) is 5.13. The molecule has 0 aliphatic rings. The van der Waals surface area contributed by atoms with Gasteiger partial charge in [0.05, 0.1) is 37.8 Å².